The van der Waals surface area contributed by atoms with E-state index in [0.29, 0.717) is 45.9 Å². The lowest BCUT2D eigenvalue weighted by Gasteiger charge is -2.11. The first kappa shape index (κ1) is 19.0. The normalized spacial score (nSPS) is 10.8. The van der Waals surface area contributed by atoms with Crippen molar-refractivity contribution in [1.82, 2.24) is 0 Å². The van der Waals surface area contributed by atoms with E-state index in [-0.39, 0.29) is 12.0 Å². The molecule has 3 rings (SSSR count). The number of halogens is 1. The monoisotopic (exact) mass is 386 g/mol. The van der Waals surface area contributed by atoms with Crippen molar-refractivity contribution < 1.29 is 18.7 Å². The van der Waals surface area contributed by atoms with E-state index in [4.69, 9.17) is 25.5 Å². The number of rotatable bonds is 6. The Morgan fingerprint density at radius 1 is 1.15 bits per heavy atom. The van der Waals surface area contributed by atoms with Crippen molar-refractivity contribution >= 4 is 28.5 Å². The van der Waals surface area contributed by atoms with Crippen molar-refractivity contribution in [3.8, 4) is 5.75 Å². The first-order chi connectivity index (χ1) is 13.0. The highest BCUT2D eigenvalue weighted by Gasteiger charge is 2.14. The van der Waals surface area contributed by atoms with Crippen LogP contribution in [0.25, 0.3) is 11.0 Å². The summed E-state index contributed by atoms with van der Waals surface area (Å²) in [5.74, 6) is 0.0793. The van der Waals surface area contributed by atoms with Crippen LogP contribution in [0.1, 0.15) is 23.6 Å². The van der Waals surface area contributed by atoms with Gasteiger partial charge in [0.25, 0.3) is 0 Å². The fraction of sp³-hybridized carbons (Fsp3) is 0.238. The van der Waals surface area contributed by atoms with Crippen LogP contribution >= 0.6 is 11.6 Å². The summed E-state index contributed by atoms with van der Waals surface area (Å²) in [5, 5.41) is 0.995. The lowest BCUT2D eigenvalue weighted by atomic mass is 10.0. The summed E-state index contributed by atoms with van der Waals surface area (Å²) in [6.07, 6.45) is 1.77. The number of fused-ring (bicyclic) bond motifs is 1. The third-order valence-electron chi connectivity index (χ3n) is 4.21. The van der Waals surface area contributed by atoms with Crippen LogP contribution in [0.5, 0.6) is 5.75 Å². The van der Waals surface area contributed by atoms with E-state index >= 15 is 0 Å². The molecule has 140 valence electrons. The molecule has 5 nitrogen and oxygen atoms in total. The molecule has 6 heteroatoms. The minimum atomic E-state index is -0.442. The summed E-state index contributed by atoms with van der Waals surface area (Å²) in [5.41, 5.74) is 2.32. The molecule has 0 aliphatic heterocycles. The predicted octanol–water partition coefficient (Wildman–Crippen LogP) is 4.29. The smallest absolute Gasteiger partial charge is 0.344 e. The molecule has 0 aliphatic carbocycles. The Morgan fingerprint density at radius 3 is 2.70 bits per heavy atom. The van der Waals surface area contributed by atoms with E-state index in [0.717, 1.165) is 5.56 Å². The highest BCUT2D eigenvalue weighted by atomic mass is 35.5. The van der Waals surface area contributed by atoms with Crippen LogP contribution in [0.3, 0.4) is 0 Å². The largest absolute Gasteiger partial charge is 0.482 e. The predicted molar refractivity (Wildman–Crippen MR) is 104 cm³/mol. The van der Waals surface area contributed by atoms with E-state index < -0.39 is 5.97 Å². The lowest BCUT2D eigenvalue weighted by molar-refractivity contribution is -0.145. The summed E-state index contributed by atoms with van der Waals surface area (Å²) >= 11 is 6.15. The Labute approximate surface area is 161 Å². The summed E-state index contributed by atoms with van der Waals surface area (Å²) in [6, 6.07) is 10.6. The molecule has 0 fully saturated rings. The number of hydrogen-bond acceptors (Lipinski definition) is 5. The van der Waals surface area contributed by atoms with Crippen LogP contribution in [0, 0.1) is 6.92 Å². The van der Waals surface area contributed by atoms with Crippen molar-refractivity contribution in [2.24, 2.45) is 0 Å². The molecule has 0 unspecified atom stereocenters. The summed E-state index contributed by atoms with van der Waals surface area (Å²) in [4.78, 5) is 24.5. The Bertz CT molecular complexity index is 1040. The van der Waals surface area contributed by atoms with Crippen LogP contribution in [-0.2, 0) is 16.0 Å². The van der Waals surface area contributed by atoms with Crippen LogP contribution < -0.4 is 10.2 Å². The van der Waals surface area contributed by atoms with E-state index in [9.17, 15) is 9.59 Å². The van der Waals surface area contributed by atoms with Crippen LogP contribution in [0.15, 0.2) is 51.9 Å². The maximum absolute atomic E-state index is 12.9. The van der Waals surface area contributed by atoms with E-state index in [1.54, 1.807) is 38.1 Å². The number of esters is 1. The topological polar surface area (TPSA) is 65.7 Å². The fourth-order valence-electron chi connectivity index (χ4n) is 2.85. The molecule has 1 aromatic heterocycles. The van der Waals surface area contributed by atoms with Gasteiger partial charge in [0.15, 0.2) is 12.0 Å². The molecule has 0 bridgehead atoms. The number of hydrogen-bond donors (Lipinski definition) is 0. The molecule has 0 amide bonds. The third kappa shape index (κ3) is 4.14. The number of carbonyl (C=O) groups excluding carboxylic acids is 1. The second-order valence-corrected chi connectivity index (χ2v) is 6.42. The molecule has 3 aromatic rings. The Balaban J connectivity index is 1.92. The number of para-hydroxylation sites is 1. The average Bonchev–Trinajstić information content (AvgIpc) is 2.66. The van der Waals surface area contributed by atoms with Gasteiger partial charge in [0.1, 0.15) is 11.3 Å². The van der Waals surface area contributed by atoms with Gasteiger partial charge in [-0.15, -0.1) is 0 Å². The lowest BCUT2D eigenvalue weighted by Crippen LogP contribution is -2.16. The summed E-state index contributed by atoms with van der Waals surface area (Å²) < 4.78 is 16.1. The second kappa shape index (κ2) is 8.27. The maximum Gasteiger partial charge on any atom is 0.344 e. The zero-order valence-electron chi connectivity index (χ0n) is 15.1. The highest BCUT2D eigenvalue weighted by molar-refractivity contribution is 6.32. The van der Waals surface area contributed by atoms with Gasteiger partial charge in [-0.05, 0) is 43.2 Å². The van der Waals surface area contributed by atoms with E-state index in [2.05, 4.69) is 0 Å². The van der Waals surface area contributed by atoms with Gasteiger partial charge in [-0.25, -0.2) is 4.79 Å². The quantitative estimate of drug-likeness (QED) is 0.591. The first-order valence-corrected chi connectivity index (χ1v) is 8.95. The molecule has 0 N–H and O–H groups in total. The minimum Gasteiger partial charge on any atom is -0.482 e. The van der Waals surface area contributed by atoms with Gasteiger partial charge in [0.05, 0.1) is 18.3 Å². The number of ether oxygens (including phenoxy) is 2. The third-order valence-corrected chi connectivity index (χ3v) is 4.62. The maximum atomic E-state index is 12.9. The number of aryl methyl sites for hydroxylation is 1. The Hall–Kier alpha value is -2.79. The van der Waals surface area contributed by atoms with Crippen LogP contribution in [-0.4, -0.2) is 19.2 Å². The van der Waals surface area contributed by atoms with Gasteiger partial charge in [0, 0.05) is 17.0 Å². The summed E-state index contributed by atoms with van der Waals surface area (Å²) in [6.45, 7) is 3.64. The number of carbonyl (C=O) groups is 1. The van der Waals surface area contributed by atoms with E-state index in [1.165, 1.54) is 6.26 Å². The van der Waals surface area contributed by atoms with Gasteiger partial charge in [-0.2, -0.15) is 0 Å². The molecule has 0 saturated heterocycles. The van der Waals surface area contributed by atoms with Crippen LogP contribution in [0.2, 0.25) is 5.02 Å². The SMILES string of the molecule is CCOC(=O)COc1ccccc1Cc1coc2ccc(Cl)c(C)c2c1=O. The Kier molecular flexibility index (Phi) is 5.81. The standard InChI is InChI=1S/C21H19ClO5/c1-3-25-19(23)12-27-17-7-5-4-6-14(17)10-15-11-26-18-9-8-16(22)13(2)20(18)21(15)24/h4-9,11H,3,10,12H2,1-2H3. The molecule has 1 heterocycles. The van der Waals surface area contributed by atoms with Gasteiger partial charge in [-0.1, -0.05) is 29.8 Å². The van der Waals surface area contributed by atoms with Crippen LogP contribution in [0.4, 0.5) is 0 Å². The van der Waals surface area contributed by atoms with Gasteiger partial charge >= 0.3 is 5.97 Å². The molecule has 2 aromatic carbocycles. The van der Waals surface area contributed by atoms with Crippen molar-refractivity contribution in [1.29, 1.82) is 0 Å². The molecule has 0 atom stereocenters. The Morgan fingerprint density at radius 2 is 1.93 bits per heavy atom. The highest BCUT2D eigenvalue weighted by Crippen LogP contribution is 2.25. The van der Waals surface area contributed by atoms with Gasteiger partial charge < -0.3 is 13.9 Å². The van der Waals surface area contributed by atoms with Crippen molar-refractivity contribution in [3.63, 3.8) is 0 Å². The molecular weight excluding hydrogens is 368 g/mol. The molecular formula is C21H19ClO5. The van der Waals surface area contributed by atoms with Gasteiger partial charge in [-0.3, -0.25) is 4.79 Å². The zero-order valence-corrected chi connectivity index (χ0v) is 15.8. The van der Waals surface area contributed by atoms with Gasteiger partial charge in [0.2, 0.25) is 0 Å². The molecule has 0 aliphatic rings. The summed E-state index contributed by atoms with van der Waals surface area (Å²) in [7, 11) is 0. The minimum absolute atomic E-state index is 0.128. The van der Waals surface area contributed by atoms with Crippen molar-refractivity contribution in [2.75, 3.05) is 13.2 Å². The first-order valence-electron chi connectivity index (χ1n) is 8.57. The number of benzene rings is 2. The van der Waals surface area contributed by atoms with Crippen molar-refractivity contribution in [3.05, 3.63) is 74.6 Å². The zero-order chi connectivity index (χ0) is 19.4. The second-order valence-electron chi connectivity index (χ2n) is 6.01. The molecule has 0 radical (unpaired) electrons. The molecule has 27 heavy (non-hydrogen) atoms. The average molecular weight is 387 g/mol. The molecule has 0 spiro atoms. The van der Waals surface area contributed by atoms with Crippen molar-refractivity contribution in [2.45, 2.75) is 20.3 Å². The van der Waals surface area contributed by atoms with E-state index in [1.807, 2.05) is 12.1 Å². The fourth-order valence-corrected chi connectivity index (χ4v) is 3.01. The molecule has 0 saturated carbocycles.